The zero-order valence-corrected chi connectivity index (χ0v) is 17.1. The van der Waals surface area contributed by atoms with Crippen LogP contribution in [0.1, 0.15) is 81.9 Å². The Labute approximate surface area is 161 Å². The van der Waals surface area contributed by atoms with E-state index in [1.807, 2.05) is 0 Å². The molecule has 26 heavy (non-hydrogen) atoms. The van der Waals surface area contributed by atoms with Crippen LogP contribution in [0.2, 0.25) is 0 Å². The largest absolute Gasteiger partial charge is 0.0917 e. The number of hydrogen-bond donors (Lipinski definition) is 0. The molecule has 4 rings (SSSR count). The van der Waals surface area contributed by atoms with Crippen LogP contribution in [0.5, 0.6) is 0 Å². The minimum Gasteiger partial charge on any atom is -0.0917 e. The van der Waals surface area contributed by atoms with Gasteiger partial charge in [0, 0.05) is 0 Å². The Morgan fingerprint density at radius 2 is 1.65 bits per heavy atom. The van der Waals surface area contributed by atoms with Gasteiger partial charge >= 0.3 is 0 Å². The molecule has 0 amide bonds. The lowest BCUT2D eigenvalue weighted by atomic mass is 9.61. The van der Waals surface area contributed by atoms with Crippen LogP contribution in [0.4, 0.5) is 0 Å². The van der Waals surface area contributed by atoms with Gasteiger partial charge in [-0.2, -0.15) is 0 Å². The molecule has 0 spiro atoms. The molecule has 2 saturated carbocycles. The number of allylic oxidation sites excluding steroid dienone is 2. The summed E-state index contributed by atoms with van der Waals surface area (Å²) in [5.74, 6) is 5.13. The molecular weight excluding hydrogens is 312 g/mol. The summed E-state index contributed by atoms with van der Waals surface area (Å²) in [5.41, 5.74) is 4.88. The minimum atomic E-state index is 0.969. The van der Waals surface area contributed by atoms with Gasteiger partial charge in [0.1, 0.15) is 0 Å². The van der Waals surface area contributed by atoms with Gasteiger partial charge in [0.25, 0.3) is 0 Å². The van der Waals surface area contributed by atoms with Crippen molar-refractivity contribution in [1.29, 1.82) is 0 Å². The summed E-state index contributed by atoms with van der Waals surface area (Å²) in [5, 5.41) is 0. The molecule has 0 N–H and O–H groups in total. The van der Waals surface area contributed by atoms with Crippen molar-refractivity contribution in [3.8, 4) is 0 Å². The maximum absolute atomic E-state index is 2.52. The summed E-state index contributed by atoms with van der Waals surface area (Å²) < 4.78 is 0. The van der Waals surface area contributed by atoms with E-state index in [-0.39, 0.29) is 0 Å². The average Bonchev–Trinajstić information content (AvgIpc) is 2.67. The Morgan fingerprint density at radius 1 is 0.885 bits per heavy atom. The molecule has 3 aliphatic carbocycles. The SMILES string of the molecule is C/C=C/CCc1ccc2c(c1)CCC(C1CCC3CC(C)CCC3C1)C2. The van der Waals surface area contributed by atoms with Crippen molar-refractivity contribution in [1.82, 2.24) is 0 Å². The molecule has 5 atom stereocenters. The topological polar surface area (TPSA) is 0 Å². The molecular formula is C26H38. The summed E-state index contributed by atoms with van der Waals surface area (Å²) in [6, 6.07) is 7.40. The van der Waals surface area contributed by atoms with Crippen molar-refractivity contribution in [3.63, 3.8) is 0 Å². The lowest BCUT2D eigenvalue weighted by Gasteiger charge is -2.44. The Morgan fingerprint density at radius 3 is 2.50 bits per heavy atom. The fourth-order valence-corrected chi connectivity index (χ4v) is 6.40. The maximum atomic E-state index is 2.52. The van der Waals surface area contributed by atoms with Crippen molar-refractivity contribution in [2.45, 2.75) is 84.5 Å². The maximum Gasteiger partial charge on any atom is -0.0244 e. The fourth-order valence-electron chi connectivity index (χ4n) is 6.40. The highest BCUT2D eigenvalue weighted by atomic mass is 14.4. The number of aryl methyl sites for hydroxylation is 2. The van der Waals surface area contributed by atoms with Gasteiger partial charge in [0.05, 0.1) is 0 Å². The summed E-state index contributed by atoms with van der Waals surface area (Å²) in [4.78, 5) is 0. The van der Waals surface area contributed by atoms with Gasteiger partial charge in [0.2, 0.25) is 0 Å². The third-order valence-corrected chi connectivity index (χ3v) is 7.96. The standard InChI is InChI=1S/C26H38/c1-3-4-5-6-20-8-10-24-18-26(14-12-22(24)16-20)25-13-11-21-15-19(2)7-9-23(21)17-25/h3-4,8,10,16,19,21,23,25-26H,5-7,9,11-15,17-18H2,1-2H3/b4-3+. The van der Waals surface area contributed by atoms with Gasteiger partial charge in [-0.15, -0.1) is 0 Å². The molecule has 0 aromatic heterocycles. The number of fused-ring (bicyclic) bond motifs is 2. The predicted octanol–water partition coefficient (Wildman–Crippen LogP) is 7.15. The molecule has 0 bridgehead atoms. The summed E-state index contributed by atoms with van der Waals surface area (Å²) in [7, 11) is 0. The molecule has 0 saturated heterocycles. The third kappa shape index (κ3) is 4.10. The number of benzene rings is 1. The van der Waals surface area contributed by atoms with Crippen LogP contribution in [0.3, 0.4) is 0 Å². The Hall–Kier alpha value is -1.04. The fraction of sp³-hybridized carbons (Fsp3) is 0.692. The van der Waals surface area contributed by atoms with E-state index < -0.39 is 0 Å². The first kappa shape index (κ1) is 18.3. The smallest absolute Gasteiger partial charge is 0.0244 e. The van der Waals surface area contributed by atoms with Gasteiger partial charge in [-0.25, -0.2) is 0 Å². The van der Waals surface area contributed by atoms with Crippen molar-refractivity contribution in [2.75, 3.05) is 0 Å². The lowest BCUT2D eigenvalue weighted by molar-refractivity contribution is 0.0757. The monoisotopic (exact) mass is 350 g/mol. The second kappa shape index (κ2) is 8.32. The van der Waals surface area contributed by atoms with E-state index in [2.05, 4.69) is 44.2 Å². The molecule has 0 radical (unpaired) electrons. The van der Waals surface area contributed by atoms with Crippen LogP contribution in [-0.2, 0) is 19.3 Å². The quantitative estimate of drug-likeness (QED) is 0.506. The highest BCUT2D eigenvalue weighted by Crippen LogP contribution is 2.48. The Bertz CT molecular complexity index is 625. The molecule has 1 aromatic rings. The van der Waals surface area contributed by atoms with Gasteiger partial charge in [-0.05, 0) is 117 Å². The van der Waals surface area contributed by atoms with E-state index >= 15 is 0 Å². The second-order valence-electron chi connectivity index (χ2n) is 9.73. The zero-order chi connectivity index (χ0) is 17.9. The summed E-state index contributed by atoms with van der Waals surface area (Å²) >= 11 is 0. The van der Waals surface area contributed by atoms with Gasteiger partial charge in [0.15, 0.2) is 0 Å². The first-order valence-electron chi connectivity index (χ1n) is 11.4. The van der Waals surface area contributed by atoms with E-state index in [4.69, 9.17) is 0 Å². The molecule has 3 aliphatic rings. The van der Waals surface area contributed by atoms with E-state index in [1.165, 1.54) is 69.8 Å². The summed E-state index contributed by atoms with van der Waals surface area (Å²) in [6.45, 7) is 4.60. The predicted molar refractivity (Wildman–Crippen MR) is 112 cm³/mol. The number of rotatable bonds is 4. The van der Waals surface area contributed by atoms with Crippen LogP contribution >= 0.6 is 0 Å². The molecule has 0 heteroatoms. The van der Waals surface area contributed by atoms with Crippen molar-refractivity contribution >= 4 is 0 Å². The average molecular weight is 351 g/mol. The third-order valence-electron chi connectivity index (χ3n) is 7.96. The molecule has 0 heterocycles. The molecule has 0 aliphatic heterocycles. The summed E-state index contributed by atoms with van der Waals surface area (Å²) in [6.07, 6.45) is 20.2. The first-order chi connectivity index (χ1) is 12.7. The molecule has 142 valence electrons. The molecule has 5 unspecified atom stereocenters. The normalized spacial score (nSPS) is 34.5. The van der Waals surface area contributed by atoms with E-state index in [1.54, 1.807) is 17.5 Å². The van der Waals surface area contributed by atoms with E-state index in [9.17, 15) is 0 Å². The molecule has 0 nitrogen and oxygen atoms in total. The van der Waals surface area contributed by atoms with Gasteiger partial charge in [-0.3, -0.25) is 0 Å². The second-order valence-corrected chi connectivity index (χ2v) is 9.73. The minimum absolute atomic E-state index is 0.969. The highest BCUT2D eigenvalue weighted by molar-refractivity contribution is 5.34. The zero-order valence-electron chi connectivity index (χ0n) is 17.1. The van der Waals surface area contributed by atoms with E-state index in [0.29, 0.717) is 0 Å². The highest BCUT2D eigenvalue weighted by Gasteiger charge is 2.37. The first-order valence-corrected chi connectivity index (χ1v) is 11.4. The van der Waals surface area contributed by atoms with Gasteiger partial charge < -0.3 is 0 Å². The van der Waals surface area contributed by atoms with Crippen LogP contribution < -0.4 is 0 Å². The van der Waals surface area contributed by atoms with Crippen molar-refractivity contribution in [3.05, 3.63) is 47.0 Å². The Kier molecular flexibility index (Phi) is 5.87. The van der Waals surface area contributed by atoms with Crippen molar-refractivity contribution in [2.24, 2.45) is 29.6 Å². The van der Waals surface area contributed by atoms with E-state index in [0.717, 1.165) is 29.6 Å². The van der Waals surface area contributed by atoms with Gasteiger partial charge in [-0.1, -0.05) is 43.7 Å². The van der Waals surface area contributed by atoms with Crippen LogP contribution in [-0.4, -0.2) is 0 Å². The lowest BCUT2D eigenvalue weighted by Crippen LogP contribution is -2.34. The molecule has 2 fully saturated rings. The Balaban J connectivity index is 1.36. The van der Waals surface area contributed by atoms with Crippen LogP contribution in [0.15, 0.2) is 30.4 Å². The van der Waals surface area contributed by atoms with Crippen LogP contribution in [0, 0.1) is 29.6 Å². The molecule has 1 aromatic carbocycles. The van der Waals surface area contributed by atoms with Crippen LogP contribution in [0.25, 0.3) is 0 Å². The van der Waals surface area contributed by atoms with Crippen molar-refractivity contribution < 1.29 is 0 Å². The number of hydrogen-bond acceptors (Lipinski definition) is 0.